The van der Waals surface area contributed by atoms with Gasteiger partial charge in [0.25, 0.3) is 10.0 Å². The summed E-state index contributed by atoms with van der Waals surface area (Å²) < 4.78 is 16.6. The zero-order chi connectivity index (χ0) is 8.32. The Morgan fingerprint density at radius 2 is 2.36 bits per heavy atom. The Hall–Kier alpha value is 0.271. The number of rotatable bonds is 2. The van der Waals surface area contributed by atoms with E-state index in [0.717, 1.165) is 6.04 Å². The van der Waals surface area contributed by atoms with E-state index in [2.05, 4.69) is 19.7 Å². The summed E-state index contributed by atoms with van der Waals surface area (Å²) in [4.78, 5) is 0. The summed E-state index contributed by atoms with van der Waals surface area (Å²) in [5, 5.41) is 0. The van der Waals surface area contributed by atoms with Gasteiger partial charge < -0.3 is 12.3 Å². The molecule has 3 nitrogen and oxygen atoms in total. The smallest absolute Gasteiger partial charge is 0.313 e. The van der Waals surface area contributed by atoms with Crippen molar-refractivity contribution in [3.05, 3.63) is 12.7 Å². The Labute approximate surface area is 72.5 Å². The molecule has 0 aromatic rings. The van der Waals surface area contributed by atoms with Gasteiger partial charge in [-0.15, -0.1) is 6.58 Å². The molecule has 0 radical (unpaired) electrons. The molecule has 0 N–H and O–H groups in total. The predicted octanol–water partition coefficient (Wildman–Crippen LogP) is 0.157. The third-order valence-electron chi connectivity index (χ3n) is 1.43. The van der Waals surface area contributed by atoms with E-state index in [0.29, 0.717) is 0 Å². The van der Waals surface area contributed by atoms with E-state index in [4.69, 9.17) is 12.3 Å². The molecule has 11 heavy (non-hydrogen) atoms. The van der Waals surface area contributed by atoms with Crippen LogP contribution in [0.2, 0.25) is 19.1 Å². The fraction of sp³-hybridized carbons (Fsp3) is 0.600. The van der Waals surface area contributed by atoms with Gasteiger partial charge >= 0.3 is 17.8 Å². The van der Waals surface area contributed by atoms with Crippen LogP contribution < -0.4 is 0 Å². The van der Waals surface area contributed by atoms with Crippen molar-refractivity contribution >= 4 is 27.9 Å². The van der Waals surface area contributed by atoms with E-state index in [1.807, 2.05) is 6.08 Å². The van der Waals surface area contributed by atoms with E-state index in [9.17, 15) is 0 Å². The molecule has 1 atom stereocenters. The molecule has 64 valence electrons. The highest BCUT2D eigenvalue weighted by Crippen LogP contribution is 2.15. The van der Waals surface area contributed by atoms with Gasteiger partial charge in [-0.25, -0.2) is 0 Å². The lowest BCUT2D eigenvalue weighted by atomic mass is 10.8. The molecule has 1 saturated heterocycles. The molecular formula is C5H14O3Si3. The van der Waals surface area contributed by atoms with Crippen LogP contribution in [0.3, 0.4) is 0 Å². The van der Waals surface area contributed by atoms with Crippen LogP contribution in [0.5, 0.6) is 0 Å². The molecular weight excluding hydrogens is 192 g/mol. The molecule has 0 bridgehead atoms. The third-order valence-corrected chi connectivity index (χ3v) is 10.8. The molecule has 0 aromatic heterocycles. The Bertz CT molecular complexity index is 150. The summed E-state index contributed by atoms with van der Waals surface area (Å²) >= 11 is 0. The van der Waals surface area contributed by atoms with E-state index in [1.165, 1.54) is 0 Å². The molecule has 1 heterocycles. The summed E-state index contributed by atoms with van der Waals surface area (Å²) in [5.74, 6) is 0. The van der Waals surface area contributed by atoms with Gasteiger partial charge in [0, 0.05) is 6.04 Å². The topological polar surface area (TPSA) is 27.7 Å². The second kappa shape index (κ2) is 3.79. The zero-order valence-corrected chi connectivity index (χ0v) is 10.6. The molecule has 1 unspecified atom stereocenters. The molecule has 0 amide bonds. The van der Waals surface area contributed by atoms with Crippen LogP contribution in [-0.2, 0) is 12.3 Å². The van der Waals surface area contributed by atoms with Gasteiger partial charge in [0.15, 0.2) is 0 Å². The number of hydrogen-bond donors (Lipinski definition) is 0. The van der Waals surface area contributed by atoms with Crippen LogP contribution in [0.15, 0.2) is 12.7 Å². The fourth-order valence-corrected chi connectivity index (χ4v) is 9.02. The monoisotopic (exact) mass is 206 g/mol. The lowest BCUT2D eigenvalue weighted by molar-refractivity contribution is 0.287. The molecule has 0 spiro atoms. The summed E-state index contributed by atoms with van der Waals surface area (Å²) in [7, 11) is -3.82. The number of allylic oxidation sites excluding steroid dienone is 1. The van der Waals surface area contributed by atoms with Gasteiger partial charge in [-0.2, -0.15) is 0 Å². The minimum absolute atomic E-state index is 0.713. The minimum atomic E-state index is -1.74. The summed E-state index contributed by atoms with van der Waals surface area (Å²) in [6.07, 6.45) is 1.88. The van der Waals surface area contributed by atoms with Crippen molar-refractivity contribution in [1.82, 2.24) is 0 Å². The van der Waals surface area contributed by atoms with Crippen LogP contribution >= 0.6 is 0 Å². The van der Waals surface area contributed by atoms with Gasteiger partial charge in [-0.3, -0.25) is 0 Å². The Balaban J connectivity index is 2.39. The van der Waals surface area contributed by atoms with E-state index in [1.54, 1.807) is 0 Å². The highest BCUT2D eigenvalue weighted by molar-refractivity contribution is 6.78. The maximum absolute atomic E-state index is 5.71. The first-order valence-corrected chi connectivity index (χ1v) is 9.41. The molecule has 1 rings (SSSR count). The van der Waals surface area contributed by atoms with Crippen molar-refractivity contribution in [3.63, 3.8) is 0 Å². The van der Waals surface area contributed by atoms with Crippen LogP contribution in [0.25, 0.3) is 0 Å². The fourth-order valence-electron chi connectivity index (χ4n) is 0.889. The Morgan fingerprint density at radius 1 is 1.64 bits per heavy atom. The van der Waals surface area contributed by atoms with E-state index in [-0.39, 0.29) is 0 Å². The van der Waals surface area contributed by atoms with E-state index >= 15 is 0 Å². The standard InChI is InChI=1S/C5H14O3Si3/c1-4-5-10-6-9-7-11(2,3)8-10/h4,10H,1,5,9H2,2-3H3. The first-order chi connectivity index (χ1) is 5.14. The largest absolute Gasteiger partial charge is 0.422 e. The Kier molecular flexibility index (Phi) is 3.22. The van der Waals surface area contributed by atoms with Gasteiger partial charge in [0.2, 0.25) is 0 Å². The average molecular weight is 206 g/mol. The molecule has 0 saturated carbocycles. The van der Waals surface area contributed by atoms with Gasteiger partial charge in [0.1, 0.15) is 0 Å². The quantitative estimate of drug-likeness (QED) is 0.476. The van der Waals surface area contributed by atoms with Crippen molar-refractivity contribution in [2.75, 3.05) is 0 Å². The summed E-state index contributed by atoms with van der Waals surface area (Å²) in [6.45, 7) is 7.82. The van der Waals surface area contributed by atoms with Gasteiger partial charge in [0.05, 0.1) is 0 Å². The van der Waals surface area contributed by atoms with E-state index < -0.39 is 27.9 Å². The molecule has 1 aliphatic heterocycles. The predicted molar refractivity (Wildman–Crippen MR) is 51.4 cm³/mol. The molecule has 0 aromatic carbocycles. The van der Waals surface area contributed by atoms with Crippen molar-refractivity contribution in [2.45, 2.75) is 19.1 Å². The summed E-state index contributed by atoms with van der Waals surface area (Å²) in [5.41, 5.74) is 0. The maximum atomic E-state index is 5.71. The highest BCUT2D eigenvalue weighted by Gasteiger charge is 2.33. The lowest BCUT2D eigenvalue weighted by Crippen LogP contribution is -2.49. The third kappa shape index (κ3) is 3.01. The average Bonchev–Trinajstić information content (AvgIpc) is 1.85. The van der Waals surface area contributed by atoms with Crippen LogP contribution in [-0.4, -0.2) is 27.9 Å². The van der Waals surface area contributed by atoms with Crippen LogP contribution in [0.4, 0.5) is 0 Å². The number of hydrogen-bond acceptors (Lipinski definition) is 3. The highest BCUT2D eigenvalue weighted by atomic mass is 28.5. The molecule has 1 fully saturated rings. The lowest BCUT2D eigenvalue weighted by Gasteiger charge is -2.33. The van der Waals surface area contributed by atoms with Crippen molar-refractivity contribution in [1.29, 1.82) is 0 Å². The first kappa shape index (κ1) is 9.36. The van der Waals surface area contributed by atoms with Crippen molar-refractivity contribution in [3.8, 4) is 0 Å². The van der Waals surface area contributed by atoms with Gasteiger partial charge in [-0.1, -0.05) is 6.08 Å². The van der Waals surface area contributed by atoms with Crippen LogP contribution in [0, 0.1) is 0 Å². The molecule has 0 aliphatic carbocycles. The van der Waals surface area contributed by atoms with Crippen LogP contribution in [0.1, 0.15) is 0 Å². The van der Waals surface area contributed by atoms with Crippen molar-refractivity contribution < 1.29 is 12.3 Å². The van der Waals surface area contributed by atoms with Gasteiger partial charge in [-0.05, 0) is 13.1 Å². The second-order valence-corrected chi connectivity index (χ2v) is 10.7. The Morgan fingerprint density at radius 3 is 2.91 bits per heavy atom. The zero-order valence-electron chi connectivity index (χ0n) is 7.00. The molecule has 6 heteroatoms. The SMILES string of the molecule is C=CC[SiH]1O[SiH2]O[Si](C)(C)O1. The summed E-state index contributed by atoms with van der Waals surface area (Å²) in [6, 6.07) is 0.910. The normalized spacial score (nSPS) is 32.0. The second-order valence-electron chi connectivity index (χ2n) is 2.90. The first-order valence-electron chi connectivity index (χ1n) is 3.68. The maximum Gasteiger partial charge on any atom is 0.313 e. The van der Waals surface area contributed by atoms with Crippen molar-refractivity contribution in [2.24, 2.45) is 0 Å². The molecule has 1 aliphatic rings. The minimum Gasteiger partial charge on any atom is -0.422 e.